The molecule has 1 rings (SSSR count). The molecule has 0 fully saturated rings. The van der Waals surface area contributed by atoms with E-state index >= 15 is 0 Å². The maximum atomic E-state index is 5.65. The molecule has 0 N–H and O–H groups in total. The van der Waals surface area contributed by atoms with Crippen LogP contribution >= 0.6 is 55.1 Å². The molecule has 0 bridgehead atoms. The Hall–Kier alpha value is 0.300. The van der Waals surface area contributed by atoms with E-state index in [9.17, 15) is 0 Å². The Morgan fingerprint density at radius 3 is 2.69 bits per heavy atom. The summed E-state index contributed by atoms with van der Waals surface area (Å²) in [6.07, 6.45) is 1.66. The lowest BCUT2D eigenvalue weighted by Crippen LogP contribution is -2.12. The maximum Gasteiger partial charge on any atom is 0.126 e. The number of halogens is 4. The number of rotatable bonds is 5. The molecule has 0 radical (unpaired) electrons. The average molecular weight is 389 g/mol. The minimum absolute atomic E-state index is 0.215. The van der Waals surface area contributed by atoms with E-state index in [0.29, 0.717) is 6.61 Å². The second-order valence-corrected chi connectivity index (χ2v) is 5.98. The first kappa shape index (κ1) is 14.4. The number of alkyl halides is 2. The highest BCUT2D eigenvalue weighted by molar-refractivity contribution is 9.12. The number of para-hydroxylation sites is 1. The molecule has 16 heavy (non-hydrogen) atoms. The molecule has 5 heteroatoms. The van der Waals surface area contributed by atoms with Gasteiger partial charge in [-0.2, -0.15) is 0 Å². The normalized spacial score (nSPS) is 12.0. The summed E-state index contributed by atoms with van der Waals surface area (Å²) in [5, 5.41) is 0.835. The van der Waals surface area contributed by atoms with Gasteiger partial charge in [0.05, 0.1) is 4.83 Å². The molecule has 0 aliphatic rings. The van der Waals surface area contributed by atoms with Crippen LogP contribution in [0.25, 0.3) is 6.08 Å². The smallest absolute Gasteiger partial charge is 0.126 e. The van der Waals surface area contributed by atoms with Gasteiger partial charge in [-0.05, 0) is 12.1 Å². The van der Waals surface area contributed by atoms with Gasteiger partial charge >= 0.3 is 0 Å². The van der Waals surface area contributed by atoms with Gasteiger partial charge < -0.3 is 4.74 Å². The lowest BCUT2D eigenvalue weighted by atomic mass is 10.2. The van der Waals surface area contributed by atoms with Crippen LogP contribution in [-0.4, -0.2) is 16.8 Å². The zero-order valence-corrected chi connectivity index (χ0v) is 13.0. The maximum absolute atomic E-state index is 5.65. The fourth-order valence-electron chi connectivity index (χ4n) is 1.07. The van der Waals surface area contributed by atoms with Crippen molar-refractivity contribution in [2.45, 2.75) is 4.83 Å². The van der Waals surface area contributed by atoms with Crippen LogP contribution in [0.3, 0.4) is 0 Å². The van der Waals surface area contributed by atoms with Gasteiger partial charge in [0, 0.05) is 10.9 Å². The largest absolute Gasteiger partial charge is 0.492 e. The van der Waals surface area contributed by atoms with Crippen molar-refractivity contribution in [3.8, 4) is 5.75 Å². The van der Waals surface area contributed by atoms with Crippen molar-refractivity contribution in [1.29, 1.82) is 0 Å². The average Bonchev–Trinajstić information content (AvgIpc) is 2.26. The first-order chi connectivity index (χ1) is 7.63. The number of hydrogen-bond donors (Lipinski definition) is 0. The van der Waals surface area contributed by atoms with Crippen LogP contribution in [0.5, 0.6) is 5.75 Å². The zero-order chi connectivity index (χ0) is 12.0. The van der Waals surface area contributed by atoms with Gasteiger partial charge in [-0.15, -0.1) is 0 Å². The molecular weight excluding hydrogens is 379 g/mol. The van der Waals surface area contributed by atoms with Gasteiger partial charge in [0.25, 0.3) is 0 Å². The summed E-state index contributed by atoms with van der Waals surface area (Å²) in [4.78, 5) is 0.274. The van der Waals surface area contributed by atoms with Crippen molar-refractivity contribution >= 4 is 61.1 Å². The van der Waals surface area contributed by atoms with Gasteiger partial charge in [0.15, 0.2) is 0 Å². The first-order valence-electron chi connectivity index (χ1n) is 4.58. The molecule has 1 atom stereocenters. The van der Waals surface area contributed by atoms with E-state index in [1.165, 1.54) is 0 Å². The van der Waals surface area contributed by atoms with Gasteiger partial charge in [0.2, 0.25) is 0 Å². The van der Waals surface area contributed by atoms with Crippen LogP contribution in [0.1, 0.15) is 5.56 Å². The molecule has 1 unspecified atom stereocenters. The molecule has 0 spiro atoms. The Kier molecular flexibility index (Phi) is 6.81. The second-order valence-electron chi connectivity index (χ2n) is 3.03. The number of benzene rings is 1. The minimum Gasteiger partial charge on any atom is -0.492 e. The Morgan fingerprint density at radius 2 is 2.06 bits per heavy atom. The van der Waals surface area contributed by atoms with Gasteiger partial charge in [0.1, 0.15) is 16.8 Å². The molecule has 0 heterocycles. The molecule has 0 aliphatic heterocycles. The highest BCUT2D eigenvalue weighted by atomic mass is 79.9. The second kappa shape index (κ2) is 7.59. The molecule has 88 valence electrons. The molecule has 0 saturated carbocycles. The Balaban J connectivity index is 2.75. The Morgan fingerprint density at radius 1 is 1.38 bits per heavy atom. The number of ether oxygens (including phenoxy) is 1. The monoisotopic (exact) mass is 386 g/mol. The standard InChI is InChI=1S/C11H10Br2Cl2O/c12-6-9(13)7-16-10-4-2-1-3-8(10)5-11(14)15/h1-5,9H,6-7H2. The number of hydrogen-bond acceptors (Lipinski definition) is 1. The molecule has 0 aliphatic carbocycles. The van der Waals surface area contributed by atoms with Crippen molar-refractivity contribution in [2.75, 3.05) is 11.9 Å². The quantitative estimate of drug-likeness (QED) is 0.645. The third-order valence-electron chi connectivity index (χ3n) is 1.77. The summed E-state index contributed by atoms with van der Waals surface area (Å²) in [6.45, 7) is 0.579. The topological polar surface area (TPSA) is 9.23 Å². The molecular formula is C11H10Br2Cl2O. The predicted molar refractivity (Wildman–Crippen MR) is 78.1 cm³/mol. The molecule has 1 aromatic rings. The van der Waals surface area contributed by atoms with Crippen LogP contribution in [0.15, 0.2) is 28.8 Å². The highest BCUT2D eigenvalue weighted by Crippen LogP contribution is 2.24. The van der Waals surface area contributed by atoms with Crippen LogP contribution in [0.4, 0.5) is 0 Å². The van der Waals surface area contributed by atoms with Gasteiger partial charge in [-0.25, -0.2) is 0 Å². The van der Waals surface area contributed by atoms with E-state index in [1.54, 1.807) is 6.08 Å². The Labute approximate surface area is 122 Å². The summed E-state index contributed by atoms with van der Waals surface area (Å²) in [6, 6.07) is 7.60. The van der Waals surface area contributed by atoms with E-state index in [4.69, 9.17) is 27.9 Å². The predicted octanol–water partition coefficient (Wildman–Crippen LogP) is 5.00. The molecule has 1 aromatic carbocycles. The third kappa shape index (κ3) is 5.09. The van der Waals surface area contributed by atoms with E-state index in [1.807, 2.05) is 24.3 Å². The van der Waals surface area contributed by atoms with Crippen LogP contribution in [-0.2, 0) is 0 Å². The van der Waals surface area contributed by atoms with Crippen molar-refractivity contribution in [2.24, 2.45) is 0 Å². The van der Waals surface area contributed by atoms with E-state index in [0.717, 1.165) is 16.6 Å². The summed E-state index contributed by atoms with van der Waals surface area (Å²) < 4.78 is 5.87. The summed E-state index contributed by atoms with van der Waals surface area (Å²) in [5.41, 5.74) is 0.872. The van der Waals surface area contributed by atoms with E-state index < -0.39 is 0 Å². The fourth-order valence-corrected chi connectivity index (χ4v) is 1.63. The van der Waals surface area contributed by atoms with Crippen molar-refractivity contribution in [3.05, 3.63) is 34.3 Å². The summed E-state index contributed by atoms with van der Waals surface area (Å²) >= 11 is 18.1. The highest BCUT2D eigenvalue weighted by Gasteiger charge is 2.05. The molecule has 0 aromatic heterocycles. The fraction of sp³-hybridized carbons (Fsp3) is 0.273. The van der Waals surface area contributed by atoms with Crippen LogP contribution in [0.2, 0.25) is 0 Å². The lowest BCUT2D eigenvalue weighted by Gasteiger charge is -2.11. The first-order valence-corrected chi connectivity index (χ1v) is 7.37. The SMILES string of the molecule is ClC(Cl)=Cc1ccccc1OCC(Br)CBr. The summed E-state index contributed by atoms with van der Waals surface area (Å²) in [5.74, 6) is 0.770. The molecule has 0 amide bonds. The van der Waals surface area contributed by atoms with E-state index in [-0.39, 0.29) is 9.32 Å². The van der Waals surface area contributed by atoms with Crippen molar-refractivity contribution in [3.63, 3.8) is 0 Å². The molecule has 1 nitrogen and oxygen atoms in total. The molecule has 0 saturated heterocycles. The van der Waals surface area contributed by atoms with Crippen molar-refractivity contribution in [1.82, 2.24) is 0 Å². The van der Waals surface area contributed by atoms with Gasteiger partial charge in [-0.1, -0.05) is 73.3 Å². The minimum atomic E-state index is 0.215. The van der Waals surface area contributed by atoms with Crippen LogP contribution in [0, 0.1) is 0 Å². The lowest BCUT2D eigenvalue weighted by molar-refractivity contribution is 0.325. The van der Waals surface area contributed by atoms with Crippen LogP contribution < -0.4 is 4.74 Å². The zero-order valence-electron chi connectivity index (χ0n) is 8.30. The Bertz CT molecular complexity index is 365. The van der Waals surface area contributed by atoms with Crippen molar-refractivity contribution < 1.29 is 4.74 Å². The van der Waals surface area contributed by atoms with Gasteiger partial charge in [-0.3, -0.25) is 0 Å². The van der Waals surface area contributed by atoms with E-state index in [2.05, 4.69) is 31.9 Å². The third-order valence-corrected chi connectivity index (χ3v) is 4.23. The summed E-state index contributed by atoms with van der Waals surface area (Å²) in [7, 11) is 0.